The number of nitrogens with zero attached hydrogens (tertiary/aromatic N) is 2. The minimum absolute atomic E-state index is 0.0842. The maximum Gasteiger partial charge on any atom is 0.177 e. The Morgan fingerprint density at radius 3 is 2.62 bits per heavy atom. The van der Waals surface area contributed by atoms with Crippen LogP contribution in [0.15, 0.2) is 6.20 Å². The van der Waals surface area contributed by atoms with Crippen LogP contribution in [-0.2, 0) is 6.42 Å². The second-order valence-corrected chi connectivity index (χ2v) is 3.43. The lowest BCUT2D eigenvalue weighted by atomic mass is 10.3. The molecule has 0 unspecified atom stereocenters. The lowest BCUT2D eigenvalue weighted by Gasteiger charge is -2.13. The van der Waals surface area contributed by atoms with Gasteiger partial charge in [0.2, 0.25) is 0 Å². The molecule has 0 saturated heterocycles. The van der Waals surface area contributed by atoms with E-state index in [0.29, 0.717) is 11.7 Å². The Morgan fingerprint density at radius 2 is 2.23 bits per heavy atom. The number of Topliss-reactive ketones (excluding diaryl/α,β-unsaturated/α-hetero) is 1. The van der Waals surface area contributed by atoms with Gasteiger partial charge in [-0.1, -0.05) is 6.92 Å². The molecule has 0 fully saturated rings. The number of carbonyl (C=O) groups excluding carboxylic acids is 1. The van der Waals surface area contributed by atoms with Crippen molar-refractivity contribution >= 4 is 5.78 Å². The summed E-state index contributed by atoms with van der Waals surface area (Å²) in [5.74, 6) is 1.07. The van der Waals surface area contributed by atoms with Crippen molar-refractivity contribution in [1.29, 1.82) is 0 Å². The summed E-state index contributed by atoms with van der Waals surface area (Å²) in [5, 5.41) is 0. The molecule has 0 atom stereocenters. The molecule has 1 aromatic heterocycles. The highest BCUT2D eigenvalue weighted by Gasteiger charge is 2.13. The van der Waals surface area contributed by atoms with E-state index >= 15 is 0 Å². The largest absolute Gasteiger partial charge is 0.323 e. The number of imidazole rings is 1. The van der Waals surface area contributed by atoms with Gasteiger partial charge < -0.3 is 4.57 Å². The Morgan fingerprint density at radius 1 is 1.62 bits per heavy atom. The van der Waals surface area contributed by atoms with Gasteiger partial charge in [-0.2, -0.15) is 0 Å². The van der Waals surface area contributed by atoms with Crippen molar-refractivity contribution in [3.8, 4) is 0 Å². The van der Waals surface area contributed by atoms with Crippen molar-refractivity contribution < 1.29 is 4.79 Å². The van der Waals surface area contributed by atoms with Gasteiger partial charge in [-0.05, 0) is 13.8 Å². The van der Waals surface area contributed by atoms with Gasteiger partial charge in [-0.25, -0.2) is 4.98 Å². The molecule has 0 saturated carbocycles. The van der Waals surface area contributed by atoms with E-state index in [-0.39, 0.29) is 5.78 Å². The molecule has 0 bridgehead atoms. The smallest absolute Gasteiger partial charge is 0.177 e. The average molecular weight is 180 g/mol. The average Bonchev–Trinajstić information content (AvgIpc) is 2.46. The number of aromatic nitrogens is 2. The molecular weight excluding hydrogens is 164 g/mol. The van der Waals surface area contributed by atoms with Crippen LogP contribution >= 0.6 is 0 Å². The predicted molar refractivity (Wildman–Crippen MR) is 52.0 cm³/mol. The van der Waals surface area contributed by atoms with Gasteiger partial charge >= 0.3 is 0 Å². The zero-order valence-electron chi connectivity index (χ0n) is 8.66. The zero-order chi connectivity index (χ0) is 10.0. The van der Waals surface area contributed by atoms with Crippen LogP contribution in [0.3, 0.4) is 0 Å². The van der Waals surface area contributed by atoms with E-state index in [1.54, 1.807) is 13.1 Å². The third-order valence-electron chi connectivity index (χ3n) is 2.07. The topological polar surface area (TPSA) is 34.9 Å². The lowest BCUT2D eigenvalue weighted by molar-refractivity contribution is 0.100. The molecule has 0 aliphatic heterocycles. The Hall–Kier alpha value is -1.12. The highest BCUT2D eigenvalue weighted by atomic mass is 16.1. The molecule has 0 aliphatic carbocycles. The van der Waals surface area contributed by atoms with E-state index in [2.05, 4.69) is 18.8 Å². The van der Waals surface area contributed by atoms with Crippen LogP contribution in [0.5, 0.6) is 0 Å². The van der Waals surface area contributed by atoms with E-state index in [9.17, 15) is 4.79 Å². The fourth-order valence-electron chi connectivity index (χ4n) is 1.50. The summed E-state index contributed by atoms with van der Waals surface area (Å²) in [6, 6.07) is 0.302. The number of carbonyl (C=O) groups is 1. The second-order valence-electron chi connectivity index (χ2n) is 3.43. The molecule has 72 valence electrons. The molecule has 0 amide bonds. The summed E-state index contributed by atoms with van der Waals surface area (Å²) < 4.78 is 2.00. The monoisotopic (exact) mass is 180 g/mol. The third kappa shape index (κ3) is 1.79. The highest BCUT2D eigenvalue weighted by Crippen LogP contribution is 2.14. The van der Waals surface area contributed by atoms with E-state index < -0.39 is 0 Å². The molecule has 3 heteroatoms. The Bertz CT molecular complexity index is 313. The van der Waals surface area contributed by atoms with E-state index in [0.717, 1.165) is 12.2 Å². The first-order chi connectivity index (χ1) is 6.07. The lowest BCUT2D eigenvalue weighted by Crippen LogP contribution is -2.11. The molecular formula is C10H16N2O. The third-order valence-corrected chi connectivity index (χ3v) is 2.07. The van der Waals surface area contributed by atoms with Crippen molar-refractivity contribution in [2.75, 3.05) is 0 Å². The molecule has 3 nitrogen and oxygen atoms in total. The van der Waals surface area contributed by atoms with Gasteiger partial charge in [0.1, 0.15) is 11.5 Å². The SMILES string of the molecule is CCc1ncc(C(C)=O)n1C(C)C. The van der Waals surface area contributed by atoms with Gasteiger partial charge in [-0.3, -0.25) is 4.79 Å². The number of ketones is 1. The van der Waals surface area contributed by atoms with Crippen molar-refractivity contribution in [2.45, 2.75) is 40.2 Å². The van der Waals surface area contributed by atoms with E-state index in [1.807, 2.05) is 11.5 Å². The predicted octanol–water partition coefficient (Wildman–Crippen LogP) is 2.23. The van der Waals surface area contributed by atoms with Crippen molar-refractivity contribution in [2.24, 2.45) is 0 Å². The maximum atomic E-state index is 11.2. The fraction of sp³-hybridized carbons (Fsp3) is 0.600. The van der Waals surface area contributed by atoms with Crippen LogP contribution in [-0.4, -0.2) is 15.3 Å². The summed E-state index contributed by atoms with van der Waals surface area (Å²) in [6.45, 7) is 7.75. The molecule has 0 aromatic carbocycles. The van der Waals surface area contributed by atoms with Gasteiger partial charge in [0, 0.05) is 19.4 Å². The Balaban J connectivity index is 3.22. The van der Waals surface area contributed by atoms with E-state index in [4.69, 9.17) is 0 Å². The number of rotatable bonds is 3. The first kappa shape index (κ1) is 9.96. The van der Waals surface area contributed by atoms with Gasteiger partial charge in [0.15, 0.2) is 5.78 Å². The van der Waals surface area contributed by atoms with Crippen LogP contribution in [0.1, 0.15) is 50.0 Å². The van der Waals surface area contributed by atoms with Gasteiger partial charge in [0.25, 0.3) is 0 Å². The highest BCUT2D eigenvalue weighted by molar-refractivity contribution is 5.92. The van der Waals surface area contributed by atoms with Crippen molar-refractivity contribution in [1.82, 2.24) is 9.55 Å². The zero-order valence-corrected chi connectivity index (χ0v) is 8.66. The quantitative estimate of drug-likeness (QED) is 0.668. The molecule has 0 aliphatic rings. The maximum absolute atomic E-state index is 11.2. The minimum Gasteiger partial charge on any atom is -0.323 e. The molecule has 1 heterocycles. The van der Waals surface area contributed by atoms with Crippen molar-refractivity contribution in [3.63, 3.8) is 0 Å². The number of hydrogen-bond acceptors (Lipinski definition) is 2. The fourth-order valence-corrected chi connectivity index (χ4v) is 1.50. The molecule has 13 heavy (non-hydrogen) atoms. The summed E-state index contributed by atoms with van der Waals surface area (Å²) >= 11 is 0. The van der Waals surface area contributed by atoms with Crippen LogP contribution in [0.2, 0.25) is 0 Å². The first-order valence-electron chi connectivity index (χ1n) is 4.65. The molecule has 1 aromatic rings. The van der Waals surface area contributed by atoms with Crippen LogP contribution in [0, 0.1) is 0 Å². The second kappa shape index (κ2) is 3.73. The molecule has 1 rings (SSSR count). The summed E-state index contributed by atoms with van der Waals surface area (Å²) in [6.07, 6.45) is 2.53. The Kier molecular flexibility index (Phi) is 2.86. The van der Waals surface area contributed by atoms with Gasteiger partial charge in [-0.15, -0.1) is 0 Å². The molecule has 0 spiro atoms. The minimum atomic E-state index is 0.0842. The van der Waals surface area contributed by atoms with Crippen LogP contribution < -0.4 is 0 Å². The number of hydrogen-bond donors (Lipinski definition) is 0. The van der Waals surface area contributed by atoms with Crippen LogP contribution in [0.4, 0.5) is 0 Å². The Labute approximate surface area is 78.8 Å². The van der Waals surface area contributed by atoms with Crippen LogP contribution in [0.25, 0.3) is 0 Å². The summed E-state index contributed by atoms with van der Waals surface area (Å²) in [4.78, 5) is 15.5. The standard InChI is InChI=1S/C10H16N2O/c1-5-10-11-6-9(8(4)13)12(10)7(2)3/h6-7H,5H2,1-4H3. The summed E-state index contributed by atoms with van der Waals surface area (Å²) in [7, 11) is 0. The number of aryl methyl sites for hydroxylation is 1. The van der Waals surface area contributed by atoms with Gasteiger partial charge in [0.05, 0.1) is 6.20 Å². The molecule has 0 N–H and O–H groups in total. The normalized spacial score (nSPS) is 10.8. The van der Waals surface area contributed by atoms with Crippen molar-refractivity contribution in [3.05, 3.63) is 17.7 Å². The molecule has 0 radical (unpaired) electrons. The summed E-state index contributed by atoms with van der Waals surface area (Å²) in [5.41, 5.74) is 0.715. The first-order valence-corrected chi connectivity index (χ1v) is 4.65. The van der Waals surface area contributed by atoms with E-state index in [1.165, 1.54) is 0 Å².